The lowest BCUT2D eigenvalue weighted by atomic mass is 10.1. The fraction of sp³-hybridized carbons (Fsp3) is 0.125. The number of aryl methyl sites for hydroxylation is 1. The van der Waals surface area contributed by atoms with Gasteiger partial charge in [-0.05, 0) is 60.5 Å². The lowest BCUT2D eigenvalue weighted by Crippen LogP contribution is -2.15. The van der Waals surface area contributed by atoms with Crippen LogP contribution in [-0.2, 0) is 0 Å². The highest BCUT2D eigenvalue weighted by atomic mass is 35.5. The summed E-state index contributed by atoms with van der Waals surface area (Å²) in [5.74, 6) is 1.33. The lowest BCUT2D eigenvalue weighted by molar-refractivity contribution is 0.102. The maximum atomic E-state index is 12.6. The molecule has 1 aliphatic heterocycles. The largest absolute Gasteiger partial charge is 0.458 e. The second kappa shape index (κ2) is 8.51. The van der Waals surface area contributed by atoms with E-state index in [4.69, 9.17) is 16.3 Å². The Balaban J connectivity index is 1.47. The number of halogens is 1. The second-order valence-electron chi connectivity index (χ2n) is 7.21. The van der Waals surface area contributed by atoms with Crippen LogP contribution in [0, 0.1) is 6.92 Å². The molecule has 2 aromatic carbocycles. The Morgan fingerprint density at radius 2 is 2.03 bits per heavy atom. The molecule has 1 amide bonds. The fourth-order valence-corrected chi connectivity index (χ4v) is 3.26. The highest BCUT2D eigenvalue weighted by Crippen LogP contribution is 2.27. The van der Waals surface area contributed by atoms with Crippen LogP contribution in [0.2, 0.25) is 5.02 Å². The molecule has 0 atom stereocenters. The summed E-state index contributed by atoms with van der Waals surface area (Å²) in [6.07, 6.45) is 7.76. The van der Waals surface area contributed by atoms with Crippen LogP contribution in [0.25, 0.3) is 11.1 Å². The van der Waals surface area contributed by atoms with Gasteiger partial charge in [0.2, 0.25) is 0 Å². The maximum Gasteiger partial charge on any atom is 0.272 e. The van der Waals surface area contributed by atoms with Gasteiger partial charge in [-0.25, -0.2) is 0 Å². The van der Waals surface area contributed by atoms with Crippen molar-refractivity contribution in [2.24, 2.45) is 0 Å². The van der Waals surface area contributed by atoms with Crippen LogP contribution in [0.15, 0.2) is 78.8 Å². The zero-order valence-electron chi connectivity index (χ0n) is 16.8. The van der Waals surface area contributed by atoms with Gasteiger partial charge in [-0.15, -0.1) is 0 Å². The van der Waals surface area contributed by atoms with Crippen molar-refractivity contribution in [1.82, 2.24) is 9.88 Å². The van der Waals surface area contributed by atoms with Gasteiger partial charge in [0.1, 0.15) is 17.2 Å². The van der Waals surface area contributed by atoms with E-state index in [1.165, 1.54) is 0 Å². The SMILES string of the molecule is Cc1ccc(NC(=O)c2cc(-c3cccc(OC4=CCN(C)C=C4)c3)c[nH]2)cc1Cl. The Hall–Kier alpha value is -3.44. The maximum absolute atomic E-state index is 12.6. The third kappa shape index (κ3) is 4.58. The molecule has 1 aromatic heterocycles. The molecule has 0 bridgehead atoms. The summed E-state index contributed by atoms with van der Waals surface area (Å²) in [4.78, 5) is 17.7. The third-order valence-corrected chi connectivity index (χ3v) is 5.24. The lowest BCUT2D eigenvalue weighted by Gasteiger charge is -2.17. The normalized spacial score (nSPS) is 13.2. The number of nitrogens with one attached hydrogen (secondary N) is 2. The third-order valence-electron chi connectivity index (χ3n) is 4.83. The van der Waals surface area contributed by atoms with Crippen molar-refractivity contribution in [3.05, 3.63) is 95.1 Å². The minimum atomic E-state index is -0.227. The van der Waals surface area contributed by atoms with Gasteiger partial charge >= 0.3 is 0 Å². The predicted molar refractivity (Wildman–Crippen MR) is 121 cm³/mol. The Morgan fingerprint density at radius 1 is 1.17 bits per heavy atom. The molecule has 6 heteroatoms. The van der Waals surface area contributed by atoms with E-state index in [9.17, 15) is 4.79 Å². The van der Waals surface area contributed by atoms with E-state index in [2.05, 4.69) is 15.2 Å². The van der Waals surface area contributed by atoms with Gasteiger partial charge in [0.05, 0.1) is 0 Å². The molecule has 152 valence electrons. The molecule has 5 nitrogen and oxygen atoms in total. The van der Waals surface area contributed by atoms with Crippen LogP contribution in [0.5, 0.6) is 5.75 Å². The molecule has 0 fully saturated rings. The van der Waals surface area contributed by atoms with Gasteiger partial charge in [-0.1, -0.05) is 29.8 Å². The predicted octanol–water partition coefficient (Wildman–Crippen LogP) is 5.62. The summed E-state index contributed by atoms with van der Waals surface area (Å²) in [6, 6.07) is 15.1. The Bertz CT molecular complexity index is 1150. The van der Waals surface area contributed by atoms with Gasteiger partial charge in [-0.3, -0.25) is 4.79 Å². The van der Waals surface area contributed by atoms with Crippen LogP contribution in [0.3, 0.4) is 0 Å². The highest BCUT2D eigenvalue weighted by Gasteiger charge is 2.12. The molecule has 4 rings (SSSR count). The van der Waals surface area contributed by atoms with E-state index >= 15 is 0 Å². The number of carbonyl (C=O) groups excluding carboxylic acids is 1. The van der Waals surface area contributed by atoms with Crippen LogP contribution in [0.4, 0.5) is 5.69 Å². The minimum Gasteiger partial charge on any atom is -0.458 e. The zero-order valence-corrected chi connectivity index (χ0v) is 17.5. The van der Waals surface area contributed by atoms with E-state index in [1.54, 1.807) is 6.07 Å². The first-order chi connectivity index (χ1) is 14.5. The van der Waals surface area contributed by atoms with Crippen molar-refractivity contribution in [2.75, 3.05) is 18.9 Å². The van der Waals surface area contributed by atoms with E-state index in [0.29, 0.717) is 16.4 Å². The number of ether oxygens (including phenoxy) is 1. The summed E-state index contributed by atoms with van der Waals surface area (Å²) in [6.45, 7) is 2.73. The molecule has 3 aromatic rings. The zero-order chi connectivity index (χ0) is 21.1. The first-order valence-corrected chi connectivity index (χ1v) is 9.98. The van der Waals surface area contributed by atoms with E-state index in [-0.39, 0.29) is 5.91 Å². The topological polar surface area (TPSA) is 57.4 Å². The molecule has 0 unspecified atom stereocenters. The summed E-state index contributed by atoms with van der Waals surface area (Å²) in [5.41, 5.74) is 3.94. The molecular formula is C24H22ClN3O2. The number of aromatic nitrogens is 1. The van der Waals surface area contributed by atoms with Crippen molar-refractivity contribution in [3.8, 4) is 16.9 Å². The Kier molecular flexibility index (Phi) is 5.63. The number of hydrogen-bond donors (Lipinski definition) is 2. The van der Waals surface area contributed by atoms with Crippen LogP contribution in [-0.4, -0.2) is 29.4 Å². The molecule has 0 saturated heterocycles. The highest BCUT2D eigenvalue weighted by molar-refractivity contribution is 6.31. The number of likely N-dealkylation sites (N-methyl/N-ethyl adjacent to an activating group) is 1. The average Bonchev–Trinajstić information content (AvgIpc) is 3.23. The molecule has 1 aliphatic rings. The Labute approximate surface area is 180 Å². The van der Waals surface area contributed by atoms with Gasteiger partial charge in [0.15, 0.2) is 0 Å². The van der Waals surface area contributed by atoms with Crippen molar-refractivity contribution in [2.45, 2.75) is 6.92 Å². The molecule has 2 heterocycles. The first-order valence-electron chi connectivity index (χ1n) is 9.61. The summed E-state index contributed by atoms with van der Waals surface area (Å²) < 4.78 is 5.97. The smallest absolute Gasteiger partial charge is 0.272 e. The molecule has 0 radical (unpaired) electrons. The van der Waals surface area contributed by atoms with Gasteiger partial charge in [-0.2, -0.15) is 0 Å². The fourth-order valence-electron chi connectivity index (χ4n) is 3.08. The van der Waals surface area contributed by atoms with Crippen LogP contribution in [0.1, 0.15) is 16.1 Å². The van der Waals surface area contributed by atoms with Gasteiger partial charge in [0, 0.05) is 42.3 Å². The summed E-state index contributed by atoms with van der Waals surface area (Å²) >= 11 is 6.14. The number of aromatic amines is 1. The number of benzene rings is 2. The minimum absolute atomic E-state index is 0.227. The van der Waals surface area contributed by atoms with Crippen LogP contribution >= 0.6 is 11.6 Å². The van der Waals surface area contributed by atoms with Crippen molar-refractivity contribution in [3.63, 3.8) is 0 Å². The van der Waals surface area contributed by atoms with Gasteiger partial charge in [0.25, 0.3) is 5.91 Å². The second-order valence-corrected chi connectivity index (χ2v) is 7.62. The summed E-state index contributed by atoms with van der Waals surface area (Å²) in [7, 11) is 2.01. The number of allylic oxidation sites excluding steroid dienone is 1. The monoisotopic (exact) mass is 419 g/mol. The number of anilines is 1. The molecule has 0 saturated carbocycles. The molecule has 0 aliphatic carbocycles. The van der Waals surface area contributed by atoms with Crippen LogP contribution < -0.4 is 10.1 Å². The Morgan fingerprint density at radius 3 is 2.80 bits per heavy atom. The van der Waals surface area contributed by atoms with Gasteiger partial charge < -0.3 is 19.9 Å². The van der Waals surface area contributed by atoms with Crippen molar-refractivity contribution < 1.29 is 9.53 Å². The number of hydrogen-bond acceptors (Lipinski definition) is 3. The van der Waals surface area contributed by atoms with E-state index in [1.807, 2.05) is 81.0 Å². The number of amides is 1. The van der Waals surface area contributed by atoms with Crippen molar-refractivity contribution >= 4 is 23.2 Å². The number of carbonyl (C=O) groups is 1. The average molecular weight is 420 g/mol. The molecular weight excluding hydrogens is 398 g/mol. The number of rotatable bonds is 5. The van der Waals surface area contributed by atoms with E-state index in [0.717, 1.165) is 34.7 Å². The number of H-pyrrole nitrogens is 1. The quantitative estimate of drug-likeness (QED) is 0.564. The molecule has 2 N–H and O–H groups in total. The van der Waals surface area contributed by atoms with E-state index < -0.39 is 0 Å². The summed E-state index contributed by atoms with van der Waals surface area (Å²) in [5, 5.41) is 3.48. The standard InChI is InChI=1S/C24H22ClN3O2/c1-16-6-7-19(14-22(16)25)27-24(29)23-13-18(15-26-23)17-4-3-5-21(12-17)30-20-8-10-28(2)11-9-20/h3-10,12-15,26H,11H2,1-2H3,(H,27,29). The van der Waals surface area contributed by atoms with Crippen molar-refractivity contribution in [1.29, 1.82) is 0 Å². The first kappa shape index (κ1) is 19.9. The molecule has 30 heavy (non-hydrogen) atoms. The molecule has 0 spiro atoms. The number of nitrogens with zero attached hydrogens (tertiary/aromatic N) is 1.